The fraction of sp³-hybridized carbons (Fsp3) is 0.778. The van der Waals surface area contributed by atoms with Crippen molar-refractivity contribution in [1.82, 2.24) is 15.0 Å². The number of hydrogen-bond acceptors (Lipinski definition) is 4. The second kappa shape index (κ2) is 3.46. The first kappa shape index (κ1) is 8.69. The van der Waals surface area contributed by atoms with Crippen LogP contribution in [0.15, 0.2) is 4.52 Å². The number of nitrogens with zero attached hydrogens (tertiary/aromatic N) is 3. The van der Waals surface area contributed by atoms with Crippen LogP contribution in [-0.2, 0) is 6.54 Å². The van der Waals surface area contributed by atoms with Crippen LogP contribution in [-0.4, -0.2) is 28.1 Å². The van der Waals surface area contributed by atoms with Crippen molar-refractivity contribution in [1.29, 1.82) is 0 Å². The largest absolute Gasteiger partial charge is 0.338 e. The lowest BCUT2D eigenvalue weighted by Crippen LogP contribution is -2.19. The van der Waals surface area contributed by atoms with Gasteiger partial charge in [-0.3, -0.25) is 4.90 Å². The lowest BCUT2D eigenvalue weighted by atomic mass is 10.2. The molecule has 4 nitrogen and oxygen atoms in total. The Labute approximate surface area is 77.9 Å². The molecule has 1 saturated heterocycles. The van der Waals surface area contributed by atoms with Crippen molar-refractivity contribution in [2.75, 3.05) is 13.1 Å². The highest BCUT2D eigenvalue weighted by atomic mass is 16.5. The minimum Gasteiger partial charge on any atom is -0.338 e. The minimum atomic E-state index is 0.724. The van der Waals surface area contributed by atoms with Gasteiger partial charge in [-0.1, -0.05) is 12.1 Å². The van der Waals surface area contributed by atoms with Crippen molar-refractivity contribution in [2.24, 2.45) is 5.92 Å². The van der Waals surface area contributed by atoms with E-state index < -0.39 is 0 Å². The molecule has 0 bridgehead atoms. The molecule has 0 saturated carbocycles. The van der Waals surface area contributed by atoms with Gasteiger partial charge < -0.3 is 4.52 Å². The van der Waals surface area contributed by atoms with E-state index in [1.165, 1.54) is 6.42 Å². The number of aromatic nitrogens is 2. The molecule has 2 heterocycles. The Balaban J connectivity index is 1.91. The molecular weight excluding hydrogens is 166 g/mol. The summed E-state index contributed by atoms with van der Waals surface area (Å²) in [6, 6.07) is 0. The van der Waals surface area contributed by atoms with Gasteiger partial charge in [0.05, 0.1) is 6.54 Å². The van der Waals surface area contributed by atoms with Crippen molar-refractivity contribution in [3.8, 4) is 0 Å². The Morgan fingerprint density at radius 1 is 1.62 bits per heavy atom. The lowest BCUT2D eigenvalue weighted by molar-refractivity contribution is 0.261. The summed E-state index contributed by atoms with van der Waals surface area (Å²) in [5, 5.41) is 3.76. The van der Waals surface area contributed by atoms with Crippen molar-refractivity contribution in [3.05, 3.63) is 11.7 Å². The van der Waals surface area contributed by atoms with Gasteiger partial charge in [0.15, 0.2) is 5.82 Å². The van der Waals surface area contributed by atoms with Crippen LogP contribution in [0, 0.1) is 12.8 Å². The molecule has 0 radical (unpaired) electrons. The zero-order chi connectivity index (χ0) is 9.26. The van der Waals surface area contributed by atoms with Gasteiger partial charge in [-0.2, -0.15) is 4.98 Å². The van der Waals surface area contributed by atoms with E-state index in [0.29, 0.717) is 0 Å². The Morgan fingerprint density at radius 3 is 3.00 bits per heavy atom. The van der Waals surface area contributed by atoms with Crippen LogP contribution in [0.3, 0.4) is 0 Å². The third kappa shape index (κ3) is 2.06. The number of hydrogen-bond donors (Lipinski definition) is 0. The smallest absolute Gasteiger partial charge is 0.240 e. The van der Waals surface area contributed by atoms with Gasteiger partial charge in [0.2, 0.25) is 5.89 Å². The van der Waals surface area contributed by atoms with Crippen molar-refractivity contribution in [2.45, 2.75) is 26.8 Å². The second-order valence-electron chi connectivity index (χ2n) is 3.86. The predicted octanol–water partition coefficient (Wildman–Crippen LogP) is 1.22. The first-order valence-electron chi connectivity index (χ1n) is 4.75. The van der Waals surface area contributed by atoms with Gasteiger partial charge in [-0.05, 0) is 25.8 Å². The minimum absolute atomic E-state index is 0.724. The Kier molecular flexibility index (Phi) is 2.31. The summed E-state index contributed by atoms with van der Waals surface area (Å²) < 4.78 is 5.06. The quantitative estimate of drug-likeness (QED) is 0.688. The normalized spacial score (nSPS) is 24.0. The molecule has 13 heavy (non-hydrogen) atoms. The third-order valence-electron chi connectivity index (χ3n) is 2.44. The van der Waals surface area contributed by atoms with Crippen LogP contribution in [0.2, 0.25) is 0 Å². The summed E-state index contributed by atoms with van der Waals surface area (Å²) in [5.74, 6) is 2.28. The summed E-state index contributed by atoms with van der Waals surface area (Å²) in [6.07, 6.45) is 1.28. The fourth-order valence-corrected chi connectivity index (χ4v) is 1.77. The molecule has 0 aromatic carbocycles. The molecule has 1 fully saturated rings. The molecule has 0 unspecified atom stereocenters. The topological polar surface area (TPSA) is 42.2 Å². The van der Waals surface area contributed by atoms with E-state index in [4.69, 9.17) is 4.52 Å². The first-order valence-corrected chi connectivity index (χ1v) is 4.75. The van der Waals surface area contributed by atoms with Gasteiger partial charge in [0.1, 0.15) is 0 Å². The first-order chi connectivity index (χ1) is 6.24. The van der Waals surface area contributed by atoms with Gasteiger partial charge in [-0.25, -0.2) is 0 Å². The molecule has 2 rings (SSSR count). The van der Waals surface area contributed by atoms with Crippen LogP contribution >= 0.6 is 0 Å². The molecular formula is C9H15N3O. The standard InChI is InChI=1S/C9H15N3O/c1-7-3-4-12(5-7)6-9-10-8(2)11-13-9/h7H,3-6H2,1-2H3/t7-/m1/s1. The van der Waals surface area contributed by atoms with Crippen molar-refractivity contribution in [3.63, 3.8) is 0 Å². The van der Waals surface area contributed by atoms with E-state index in [1.54, 1.807) is 0 Å². The predicted molar refractivity (Wildman–Crippen MR) is 48.1 cm³/mol. The number of likely N-dealkylation sites (tertiary alicyclic amines) is 1. The van der Waals surface area contributed by atoms with Crippen LogP contribution < -0.4 is 0 Å². The average molecular weight is 181 g/mol. The number of rotatable bonds is 2. The lowest BCUT2D eigenvalue weighted by Gasteiger charge is -2.11. The maximum absolute atomic E-state index is 5.06. The Morgan fingerprint density at radius 2 is 2.46 bits per heavy atom. The SMILES string of the molecule is Cc1noc(CN2CC[C@@H](C)C2)n1. The highest BCUT2D eigenvalue weighted by Crippen LogP contribution is 2.16. The van der Waals surface area contributed by atoms with Crippen LogP contribution in [0.5, 0.6) is 0 Å². The molecule has 1 aromatic heterocycles. The van der Waals surface area contributed by atoms with Gasteiger partial charge in [0.25, 0.3) is 0 Å². The molecule has 1 aromatic rings. The molecule has 0 aliphatic carbocycles. The van der Waals surface area contributed by atoms with Crippen LogP contribution in [0.25, 0.3) is 0 Å². The molecule has 1 atom stereocenters. The summed E-state index contributed by atoms with van der Waals surface area (Å²) in [5.41, 5.74) is 0. The summed E-state index contributed by atoms with van der Waals surface area (Å²) >= 11 is 0. The molecule has 4 heteroatoms. The Bertz CT molecular complexity index is 284. The molecule has 1 aliphatic rings. The van der Waals surface area contributed by atoms with E-state index in [9.17, 15) is 0 Å². The molecule has 1 aliphatic heterocycles. The highest BCUT2D eigenvalue weighted by Gasteiger charge is 2.20. The molecule has 0 spiro atoms. The Hall–Kier alpha value is -0.900. The van der Waals surface area contributed by atoms with E-state index in [2.05, 4.69) is 22.0 Å². The molecule has 72 valence electrons. The third-order valence-corrected chi connectivity index (χ3v) is 2.44. The van der Waals surface area contributed by atoms with Crippen molar-refractivity contribution >= 4 is 0 Å². The van der Waals surface area contributed by atoms with Crippen LogP contribution in [0.4, 0.5) is 0 Å². The van der Waals surface area contributed by atoms with E-state index in [1.807, 2.05) is 6.92 Å². The highest BCUT2D eigenvalue weighted by molar-refractivity contribution is 4.84. The van der Waals surface area contributed by atoms with Crippen molar-refractivity contribution < 1.29 is 4.52 Å². The number of aryl methyl sites for hydroxylation is 1. The molecule has 0 amide bonds. The van der Waals surface area contributed by atoms with E-state index in [0.717, 1.165) is 37.3 Å². The zero-order valence-corrected chi connectivity index (χ0v) is 8.16. The van der Waals surface area contributed by atoms with Gasteiger partial charge in [-0.15, -0.1) is 0 Å². The average Bonchev–Trinajstić information content (AvgIpc) is 2.62. The zero-order valence-electron chi connectivity index (χ0n) is 8.16. The summed E-state index contributed by atoms with van der Waals surface area (Å²) in [4.78, 5) is 6.54. The maximum Gasteiger partial charge on any atom is 0.240 e. The van der Waals surface area contributed by atoms with Crippen LogP contribution in [0.1, 0.15) is 25.1 Å². The van der Waals surface area contributed by atoms with E-state index >= 15 is 0 Å². The second-order valence-corrected chi connectivity index (χ2v) is 3.86. The van der Waals surface area contributed by atoms with Gasteiger partial charge in [0, 0.05) is 6.54 Å². The molecule has 0 N–H and O–H groups in total. The fourth-order valence-electron chi connectivity index (χ4n) is 1.77. The maximum atomic E-state index is 5.06. The monoisotopic (exact) mass is 181 g/mol. The summed E-state index contributed by atoms with van der Waals surface area (Å²) in [6.45, 7) is 7.24. The van der Waals surface area contributed by atoms with Gasteiger partial charge >= 0.3 is 0 Å². The summed E-state index contributed by atoms with van der Waals surface area (Å²) in [7, 11) is 0. The van der Waals surface area contributed by atoms with E-state index in [-0.39, 0.29) is 0 Å².